The van der Waals surface area contributed by atoms with E-state index in [1.807, 2.05) is 14.0 Å². The molecule has 0 N–H and O–H groups in total. The van der Waals surface area contributed by atoms with Crippen molar-refractivity contribution in [1.29, 1.82) is 0 Å². The van der Waals surface area contributed by atoms with Gasteiger partial charge in [-0.15, -0.1) is 0 Å². The Morgan fingerprint density at radius 3 is 2.50 bits per heavy atom. The van der Waals surface area contributed by atoms with Crippen molar-refractivity contribution in [1.82, 2.24) is 14.1 Å². The highest BCUT2D eigenvalue weighted by Gasteiger charge is 2.30. The summed E-state index contributed by atoms with van der Waals surface area (Å²) in [5, 5.41) is 4.24. The topological polar surface area (TPSA) is 55.2 Å². The summed E-state index contributed by atoms with van der Waals surface area (Å²) in [6.07, 6.45) is 1.24. The van der Waals surface area contributed by atoms with Gasteiger partial charge in [-0.05, 0) is 6.92 Å². The number of hydrogen-bond donors (Lipinski definition) is 0. The van der Waals surface area contributed by atoms with Gasteiger partial charge in [0.15, 0.2) is 0 Å². The van der Waals surface area contributed by atoms with Crippen LogP contribution in [0.1, 0.15) is 17.0 Å². The average Bonchev–Trinajstić information content (AvgIpc) is 2.53. The molecule has 2 heterocycles. The van der Waals surface area contributed by atoms with E-state index in [0.29, 0.717) is 13.1 Å². The van der Waals surface area contributed by atoms with Crippen LogP contribution in [0.25, 0.3) is 0 Å². The fourth-order valence-corrected chi connectivity index (χ4v) is 2.51. The molecule has 0 bridgehead atoms. The van der Waals surface area contributed by atoms with E-state index < -0.39 is 10.0 Å². The van der Waals surface area contributed by atoms with Crippen molar-refractivity contribution in [3.8, 4) is 0 Å². The number of aromatic nitrogens is 2. The van der Waals surface area contributed by atoms with Crippen LogP contribution in [0.3, 0.4) is 0 Å². The van der Waals surface area contributed by atoms with Crippen LogP contribution >= 0.6 is 0 Å². The Morgan fingerprint density at radius 1 is 1.36 bits per heavy atom. The molecule has 0 aliphatic carbocycles. The second-order valence-corrected chi connectivity index (χ2v) is 5.65. The number of nitrogens with zero attached hydrogens (tertiary/aromatic N) is 3. The van der Waals surface area contributed by atoms with Gasteiger partial charge >= 0.3 is 0 Å². The van der Waals surface area contributed by atoms with Crippen molar-refractivity contribution in [2.45, 2.75) is 20.0 Å². The first-order valence-electron chi connectivity index (χ1n) is 4.36. The number of rotatable bonds is 1. The Hall–Kier alpha value is -0.880. The zero-order valence-corrected chi connectivity index (χ0v) is 9.30. The molecule has 1 aromatic rings. The maximum Gasteiger partial charge on any atom is 0.211 e. The molecule has 0 atom stereocenters. The fourth-order valence-electron chi connectivity index (χ4n) is 1.79. The summed E-state index contributed by atoms with van der Waals surface area (Å²) in [6.45, 7) is 2.82. The largest absolute Gasteiger partial charge is 0.271 e. The van der Waals surface area contributed by atoms with Gasteiger partial charge in [-0.25, -0.2) is 8.42 Å². The third-order valence-corrected chi connectivity index (χ3v) is 3.80. The van der Waals surface area contributed by atoms with E-state index in [9.17, 15) is 8.42 Å². The van der Waals surface area contributed by atoms with E-state index in [2.05, 4.69) is 5.10 Å². The highest BCUT2D eigenvalue weighted by atomic mass is 32.2. The minimum atomic E-state index is -3.08. The number of fused-ring (bicyclic) bond motifs is 1. The Bertz CT molecular complexity index is 449. The normalized spacial score (nSPS) is 17.4. The van der Waals surface area contributed by atoms with Gasteiger partial charge in [-0.3, -0.25) is 4.68 Å². The second kappa shape index (κ2) is 2.80. The van der Waals surface area contributed by atoms with Crippen LogP contribution in [0.4, 0.5) is 0 Å². The van der Waals surface area contributed by atoms with E-state index in [1.54, 1.807) is 4.68 Å². The fraction of sp³-hybridized carbons (Fsp3) is 0.625. The van der Waals surface area contributed by atoms with Crippen LogP contribution in [0, 0.1) is 6.92 Å². The number of sulfonamides is 1. The zero-order valence-electron chi connectivity index (χ0n) is 8.48. The Balaban J connectivity index is 2.40. The van der Waals surface area contributed by atoms with E-state index >= 15 is 0 Å². The van der Waals surface area contributed by atoms with Crippen molar-refractivity contribution in [2.75, 3.05) is 6.26 Å². The van der Waals surface area contributed by atoms with Crippen molar-refractivity contribution in [3.05, 3.63) is 17.0 Å². The summed E-state index contributed by atoms with van der Waals surface area (Å²) in [7, 11) is -1.24. The average molecular weight is 215 g/mol. The van der Waals surface area contributed by atoms with Crippen molar-refractivity contribution in [2.24, 2.45) is 7.05 Å². The predicted octanol–water partition coefficient (Wildman–Crippen LogP) is 0.00372. The minimum absolute atomic E-state index is 0.450. The SMILES string of the molecule is Cc1nn(C)c2c1CN(S(C)(=O)=O)C2. The first-order valence-corrected chi connectivity index (χ1v) is 6.21. The van der Waals surface area contributed by atoms with E-state index in [1.165, 1.54) is 10.6 Å². The Kier molecular flexibility index (Phi) is 1.94. The smallest absolute Gasteiger partial charge is 0.211 e. The molecule has 5 nitrogen and oxygen atoms in total. The molecular weight excluding hydrogens is 202 g/mol. The predicted molar refractivity (Wildman–Crippen MR) is 52.0 cm³/mol. The maximum atomic E-state index is 11.3. The van der Waals surface area contributed by atoms with Crippen LogP contribution in [-0.2, 0) is 30.2 Å². The molecule has 6 heteroatoms. The van der Waals surface area contributed by atoms with Gasteiger partial charge < -0.3 is 0 Å². The summed E-state index contributed by atoms with van der Waals surface area (Å²) in [6, 6.07) is 0. The molecule has 78 valence electrons. The maximum absolute atomic E-state index is 11.3. The lowest BCUT2D eigenvalue weighted by Gasteiger charge is -2.11. The lowest BCUT2D eigenvalue weighted by atomic mass is 10.2. The number of hydrogen-bond acceptors (Lipinski definition) is 3. The van der Waals surface area contributed by atoms with Crippen LogP contribution in [0.2, 0.25) is 0 Å². The molecule has 2 rings (SSSR count). The van der Waals surface area contributed by atoms with E-state index in [-0.39, 0.29) is 0 Å². The number of aryl methyl sites for hydroxylation is 2. The molecule has 0 spiro atoms. The second-order valence-electron chi connectivity index (χ2n) is 3.67. The summed E-state index contributed by atoms with van der Waals surface area (Å²) < 4.78 is 25.9. The highest BCUT2D eigenvalue weighted by molar-refractivity contribution is 7.88. The van der Waals surface area contributed by atoms with E-state index in [4.69, 9.17) is 0 Å². The summed E-state index contributed by atoms with van der Waals surface area (Å²) in [4.78, 5) is 0. The molecule has 0 aromatic carbocycles. The van der Waals surface area contributed by atoms with Gasteiger partial charge in [0, 0.05) is 19.2 Å². The lowest BCUT2D eigenvalue weighted by Crippen LogP contribution is -2.24. The van der Waals surface area contributed by atoms with Gasteiger partial charge in [0.25, 0.3) is 0 Å². The highest BCUT2D eigenvalue weighted by Crippen LogP contribution is 2.26. The molecule has 0 radical (unpaired) electrons. The van der Waals surface area contributed by atoms with E-state index in [0.717, 1.165) is 17.0 Å². The van der Waals surface area contributed by atoms with Gasteiger partial charge in [-0.1, -0.05) is 0 Å². The molecule has 1 aliphatic heterocycles. The quantitative estimate of drug-likeness (QED) is 0.663. The van der Waals surface area contributed by atoms with Crippen molar-refractivity contribution < 1.29 is 8.42 Å². The molecule has 1 aliphatic rings. The Morgan fingerprint density at radius 2 is 2.00 bits per heavy atom. The molecule has 0 saturated carbocycles. The van der Waals surface area contributed by atoms with Gasteiger partial charge in [0.05, 0.1) is 24.2 Å². The van der Waals surface area contributed by atoms with Crippen LogP contribution < -0.4 is 0 Å². The Labute approximate surface area is 83.4 Å². The zero-order chi connectivity index (χ0) is 10.5. The summed E-state index contributed by atoms with van der Waals surface area (Å²) in [5.41, 5.74) is 2.99. The minimum Gasteiger partial charge on any atom is -0.271 e. The van der Waals surface area contributed by atoms with Gasteiger partial charge in [-0.2, -0.15) is 9.40 Å². The monoisotopic (exact) mass is 215 g/mol. The molecule has 14 heavy (non-hydrogen) atoms. The standard InChI is InChI=1S/C8H13N3O2S/c1-6-7-4-11(14(3,12)13)5-8(7)10(2)9-6/h4-5H2,1-3H3. The van der Waals surface area contributed by atoms with Crippen molar-refractivity contribution in [3.63, 3.8) is 0 Å². The molecule has 1 aromatic heterocycles. The third kappa shape index (κ3) is 1.34. The first kappa shape index (κ1) is 9.67. The first-order chi connectivity index (χ1) is 6.39. The van der Waals surface area contributed by atoms with Crippen molar-refractivity contribution >= 4 is 10.0 Å². The summed E-state index contributed by atoms with van der Waals surface area (Å²) in [5.74, 6) is 0. The molecule has 0 saturated heterocycles. The molecule has 0 unspecified atom stereocenters. The van der Waals surface area contributed by atoms with Gasteiger partial charge in [0.1, 0.15) is 0 Å². The third-order valence-electron chi connectivity index (χ3n) is 2.61. The van der Waals surface area contributed by atoms with Crippen LogP contribution in [-0.4, -0.2) is 28.8 Å². The van der Waals surface area contributed by atoms with Crippen LogP contribution in [0.15, 0.2) is 0 Å². The van der Waals surface area contributed by atoms with Gasteiger partial charge in [0.2, 0.25) is 10.0 Å². The molecule has 0 amide bonds. The lowest BCUT2D eigenvalue weighted by molar-refractivity contribution is 0.425. The molecule has 0 fully saturated rings. The summed E-state index contributed by atoms with van der Waals surface area (Å²) >= 11 is 0. The molecular formula is C8H13N3O2S. The van der Waals surface area contributed by atoms with Crippen LogP contribution in [0.5, 0.6) is 0 Å².